The van der Waals surface area contributed by atoms with Gasteiger partial charge in [-0.2, -0.15) is 0 Å². The van der Waals surface area contributed by atoms with Gasteiger partial charge in [0.1, 0.15) is 5.75 Å². The number of benzene rings is 1. The average molecular weight is 309 g/mol. The van der Waals surface area contributed by atoms with Crippen molar-refractivity contribution in [2.24, 2.45) is 0 Å². The summed E-state index contributed by atoms with van der Waals surface area (Å²) in [7, 11) is 0. The van der Waals surface area contributed by atoms with Crippen LogP contribution in [0.25, 0.3) is 0 Å². The molecular formula is C17H27NO4. The van der Waals surface area contributed by atoms with Gasteiger partial charge in [-0.05, 0) is 45.9 Å². The van der Waals surface area contributed by atoms with Crippen LogP contribution in [-0.2, 0) is 6.54 Å². The van der Waals surface area contributed by atoms with Crippen LogP contribution >= 0.6 is 0 Å². The fraction of sp³-hybridized carbons (Fsp3) is 0.588. The van der Waals surface area contributed by atoms with E-state index in [4.69, 9.17) is 9.84 Å². The molecule has 22 heavy (non-hydrogen) atoms. The fourth-order valence-electron chi connectivity index (χ4n) is 2.22. The topological polar surface area (TPSA) is 70.0 Å². The molecule has 1 aromatic rings. The van der Waals surface area contributed by atoms with Crippen LogP contribution < -0.4 is 4.74 Å². The zero-order chi connectivity index (χ0) is 16.7. The Bertz CT molecular complexity index is 488. The molecule has 0 radical (unpaired) electrons. The normalized spacial score (nSPS) is 12.7. The predicted molar refractivity (Wildman–Crippen MR) is 86.3 cm³/mol. The number of ether oxygens (including phenoxy) is 1. The largest absolute Gasteiger partial charge is 0.494 e. The van der Waals surface area contributed by atoms with Crippen molar-refractivity contribution in [2.75, 3.05) is 19.8 Å². The average Bonchev–Trinajstić information content (AvgIpc) is 2.47. The first-order valence-electron chi connectivity index (χ1n) is 7.68. The Morgan fingerprint density at radius 1 is 1.36 bits per heavy atom. The highest BCUT2D eigenvalue weighted by Crippen LogP contribution is 2.23. The second-order valence-corrected chi connectivity index (χ2v) is 5.67. The maximum atomic E-state index is 11.6. The SMILES string of the molecule is CCOc1ccc(C(C)=O)cc1CN(CC(O)CO)C(C)C. The van der Waals surface area contributed by atoms with E-state index < -0.39 is 6.10 Å². The molecule has 0 aromatic heterocycles. The van der Waals surface area contributed by atoms with Gasteiger partial charge in [-0.3, -0.25) is 9.69 Å². The molecule has 1 unspecified atom stereocenters. The van der Waals surface area contributed by atoms with Crippen molar-refractivity contribution in [1.82, 2.24) is 4.90 Å². The number of ketones is 1. The van der Waals surface area contributed by atoms with E-state index in [-0.39, 0.29) is 18.4 Å². The van der Waals surface area contributed by atoms with Gasteiger partial charge in [-0.25, -0.2) is 0 Å². The number of carbonyl (C=O) groups is 1. The van der Waals surface area contributed by atoms with Gasteiger partial charge in [0, 0.05) is 30.3 Å². The van der Waals surface area contributed by atoms with E-state index in [1.54, 1.807) is 6.07 Å². The second-order valence-electron chi connectivity index (χ2n) is 5.67. The number of nitrogens with zero attached hydrogens (tertiary/aromatic N) is 1. The predicted octanol–water partition coefficient (Wildman–Crippen LogP) is 1.85. The van der Waals surface area contributed by atoms with E-state index >= 15 is 0 Å². The summed E-state index contributed by atoms with van der Waals surface area (Å²) in [4.78, 5) is 13.6. The quantitative estimate of drug-likeness (QED) is 0.681. The summed E-state index contributed by atoms with van der Waals surface area (Å²) in [6, 6.07) is 5.61. The molecule has 0 bridgehead atoms. The first-order chi connectivity index (χ1) is 10.4. The summed E-state index contributed by atoms with van der Waals surface area (Å²) in [6.45, 7) is 8.70. The minimum atomic E-state index is -0.783. The van der Waals surface area contributed by atoms with Crippen LogP contribution in [0.15, 0.2) is 18.2 Å². The van der Waals surface area contributed by atoms with Crippen LogP contribution in [0.2, 0.25) is 0 Å². The van der Waals surface area contributed by atoms with Crippen LogP contribution in [0.4, 0.5) is 0 Å². The van der Waals surface area contributed by atoms with Gasteiger partial charge in [-0.15, -0.1) is 0 Å². The van der Waals surface area contributed by atoms with E-state index in [2.05, 4.69) is 0 Å². The van der Waals surface area contributed by atoms with Crippen LogP contribution in [0, 0.1) is 0 Å². The molecule has 0 heterocycles. The standard InChI is InChI=1S/C17H27NO4/c1-5-22-17-7-6-14(13(4)20)8-15(17)9-18(12(2)3)10-16(21)11-19/h6-8,12,16,19,21H,5,9-11H2,1-4H3. The summed E-state index contributed by atoms with van der Waals surface area (Å²) in [5, 5.41) is 18.7. The van der Waals surface area contributed by atoms with Gasteiger partial charge in [0.05, 0.1) is 19.3 Å². The molecule has 0 saturated heterocycles. The Labute approximate surface area is 132 Å². The molecule has 0 spiro atoms. The van der Waals surface area contributed by atoms with E-state index in [0.29, 0.717) is 25.3 Å². The number of rotatable bonds is 9. The molecule has 0 aliphatic rings. The summed E-state index contributed by atoms with van der Waals surface area (Å²) < 4.78 is 5.63. The highest BCUT2D eigenvalue weighted by Gasteiger charge is 2.17. The molecule has 1 atom stereocenters. The molecule has 1 rings (SSSR count). The Kier molecular flexibility index (Phi) is 7.51. The fourth-order valence-corrected chi connectivity index (χ4v) is 2.22. The molecule has 2 N–H and O–H groups in total. The monoisotopic (exact) mass is 309 g/mol. The summed E-state index contributed by atoms with van der Waals surface area (Å²) in [5.74, 6) is 0.757. The van der Waals surface area contributed by atoms with Crippen molar-refractivity contribution in [1.29, 1.82) is 0 Å². The van der Waals surface area contributed by atoms with Crippen LogP contribution in [0.1, 0.15) is 43.6 Å². The van der Waals surface area contributed by atoms with Gasteiger partial charge in [0.2, 0.25) is 0 Å². The van der Waals surface area contributed by atoms with E-state index in [1.807, 2.05) is 37.8 Å². The number of hydrogen-bond donors (Lipinski definition) is 2. The summed E-state index contributed by atoms with van der Waals surface area (Å²) >= 11 is 0. The third-order valence-corrected chi connectivity index (χ3v) is 3.53. The van der Waals surface area contributed by atoms with Gasteiger partial charge >= 0.3 is 0 Å². The third kappa shape index (κ3) is 5.40. The maximum absolute atomic E-state index is 11.6. The number of hydrogen-bond acceptors (Lipinski definition) is 5. The lowest BCUT2D eigenvalue weighted by Crippen LogP contribution is -2.38. The molecule has 0 aliphatic heterocycles. The molecule has 124 valence electrons. The molecule has 0 aliphatic carbocycles. The number of Topliss-reactive ketones (excluding diaryl/α,β-unsaturated/α-hetero) is 1. The van der Waals surface area contributed by atoms with Gasteiger partial charge in [0.15, 0.2) is 5.78 Å². The minimum absolute atomic E-state index is 0.00999. The minimum Gasteiger partial charge on any atom is -0.494 e. The van der Waals surface area contributed by atoms with E-state index in [0.717, 1.165) is 11.3 Å². The highest BCUT2D eigenvalue weighted by molar-refractivity contribution is 5.94. The molecule has 0 saturated carbocycles. The first kappa shape index (κ1) is 18.6. The van der Waals surface area contributed by atoms with Gasteiger partial charge in [-0.1, -0.05) is 0 Å². The molecule has 0 fully saturated rings. The Hall–Kier alpha value is -1.43. The van der Waals surface area contributed by atoms with Crippen molar-refractivity contribution in [3.8, 4) is 5.75 Å². The second kappa shape index (κ2) is 8.88. The third-order valence-electron chi connectivity index (χ3n) is 3.53. The van der Waals surface area contributed by atoms with Crippen molar-refractivity contribution in [3.05, 3.63) is 29.3 Å². The van der Waals surface area contributed by atoms with Crippen LogP contribution in [0.5, 0.6) is 5.75 Å². The van der Waals surface area contributed by atoms with Crippen molar-refractivity contribution < 1.29 is 19.7 Å². The van der Waals surface area contributed by atoms with Crippen molar-refractivity contribution in [2.45, 2.75) is 46.4 Å². The van der Waals surface area contributed by atoms with Crippen LogP contribution in [0.3, 0.4) is 0 Å². The first-order valence-corrected chi connectivity index (χ1v) is 7.68. The molecule has 0 amide bonds. The summed E-state index contributed by atoms with van der Waals surface area (Å²) in [5.41, 5.74) is 1.55. The van der Waals surface area contributed by atoms with Crippen LogP contribution in [-0.4, -0.2) is 52.8 Å². The smallest absolute Gasteiger partial charge is 0.159 e. The lowest BCUT2D eigenvalue weighted by molar-refractivity contribution is 0.0461. The van der Waals surface area contributed by atoms with Crippen molar-refractivity contribution >= 4 is 5.78 Å². The van der Waals surface area contributed by atoms with Gasteiger partial charge < -0.3 is 14.9 Å². The molecule has 1 aromatic carbocycles. The zero-order valence-electron chi connectivity index (χ0n) is 13.9. The molecule has 5 heteroatoms. The Balaban J connectivity index is 3.04. The number of carbonyl (C=O) groups excluding carboxylic acids is 1. The lowest BCUT2D eigenvalue weighted by atomic mass is 10.1. The summed E-state index contributed by atoms with van der Waals surface area (Å²) in [6.07, 6.45) is -0.783. The van der Waals surface area contributed by atoms with E-state index in [1.165, 1.54) is 6.92 Å². The van der Waals surface area contributed by atoms with Gasteiger partial charge in [0.25, 0.3) is 0 Å². The Morgan fingerprint density at radius 2 is 2.05 bits per heavy atom. The Morgan fingerprint density at radius 3 is 2.55 bits per heavy atom. The van der Waals surface area contributed by atoms with Crippen molar-refractivity contribution in [3.63, 3.8) is 0 Å². The number of aliphatic hydroxyl groups excluding tert-OH is 2. The molecular weight excluding hydrogens is 282 g/mol. The zero-order valence-corrected chi connectivity index (χ0v) is 13.9. The van der Waals surface area contributed by atoms with E-state index in [9.17, 15) is 9.90 Å². The lowest BCUT2D eigenvalue weighted by Gasteiger charge is -2.29. The highest BCUT2D eigenvalue weighted by atomic mass is 16.5. The molecule has 5 nitrogen and oxygen atoms in total. The number of aliphatic hydroxyl groups is 2. The maximum Gasteiger partial charge on any atom is 0.159 e.